The van der Waals surface area contributed by atoms with Crippen molar-refractivity contribution in [1.82, 2.24) is 20.1 Å². The highest BCUT2D eigenvalue weighted by molar-refractivity contribution is 9.10. The molecule has 0 aromatic carbocycles. The SMILES string of the molecule is CCNC(c1ncccc1F)c1c(Br)cnn1CC. The Morgan fingerprint density at radius 1 is 1.47 bits per heavy atom. The van der Waals surface area contributed by atoms with Crippen molar-refractivity contribution in [3.05, 3.63) is 46.2 Å². The highest BCUT2D eigenvalue weighted by atomic mass is 79.9. The quantitative estimate of drug-likeness (QED) is 0.918. The molecule has 1 unspecified atom stereocenters. The maximum absolute atomic E-state index is 14.0. The van der Waals surface area contributed by atoms with Gasteiger partial charge in [-0.3, -0.25) is 9.67 Å². The fraction of sp³-hybridized carbons (Fsp3) is 0.385. The molecule has 19 heavy (non-hydrogen) atoms. The molecule has 0 aliphatic rings. The van der Waals surface area contributed by atoms with Crippen molar-refractivity contribution in [3.63, 3.8) is 0 Å². The van der Waals surface area contributed by atoms with E-state index in [9.17, 15) is 4.39 Å². The van der Waals surface area contributed by atoms with Crippen LogP contribution in [0.2, 0.25) is 0 Å². The minimum atomic E-state index is -0.317. The third-order valence-electron chi connectivity index (χ3n) is 2.87. The van der Waals surface area contributed by atoms with Crippen LogP contribution in [0.3, 0.4) is 0 Å². The van der Waals surface area contributed by atoms with Crippen LogP contribution in [-0.2, 0) is 6.54 Å². The average molecular weight is 327 g/mol. The fourth-order valence-corrected chi connectivity index (χ4v) is 2.57. The molecule has 0 aliphatic heterocycles. The fourth-order valence-electron chi connectivity index (χ4n) is 2.05. The lowest BCUT2D eigenvalue weighted by molar-refractivity contribution is 0.502. The zero-order chi connectivity index (χ0) is 13.8. The van der Waals surface area contributed by atoms with E-state index in [4.69, 9.17) is 0 Å². The van der Waals surface area contributed by atoms with Gasteiger partial charge in [-0.15, -0.1) is 0 Å². The Morgan fingerprint density at radius 3 is 2.89 bits per heavy atom. The summed E-state index contributed by atoms with van der Waals surface area (Å²) in [5.74, 6) is -0.316. The van der Waals surface area contributed by atoms with E-state index in [0.717, 1.165) is 16.7 Å². The largest absolute Gasteiger partial charge is 0.304 e. The molecule has 0 spiro atoms. The van der Waals surface area contributed by atoms with Crippen LogP contribution >= 0.6 is 15.9 Å². The summed E-state index contributed by atoms with van der Waals surface area (Å²) in [6.07, 6.45) is 3.33. The Kier molecular flexibility index (Phi) is 4.66. The van der Waals surface area contributed by atoms with Gasteiger partial charge in [0, 0.05) is 12.7 Å². The van der Waals surface area contributed by atoms with E-state index < -0.39 is 0 Å². The van der Waals surface area contributed by atoms with Crippen LogP contribution in [0.1, 0.15) is 31.3 Å². The first-order chi connectivity index (χ1) is 9.19. The summed E-state index contributed by atoms with van der Waals surface area (Å²) in [7, 11) is 0. The van der Waals surface area contributed by atoms with Crippen molar-refractivity contribution in [2.24, 2.45) is 0 Å². The highest BCUT2D eigenvalue weighted by Gasteiger charge is 2.24. The van der Waals surface area contributed by atoms with Gasteiger partial charge in [0.25, 0.3) is 0 Å². The van der Waals surface area contributed by atoms with Crippen molar-refractivity contribution in [2.75, 3.05) is 6.54 Å². The van der Waals surface area contributed by atoms with Crippen molar-refractivity contribution in [1.29, 1.82) is 0 Å². The normalized spacial score (nSPS) is 12.6. The van der Waals surface area contributed by atoms with Crippen LogP contribution < -0.4 is 5.32 Å². The second-order valence-electron chi connectivity index (χ2n) is 4.05. The molecule has 0 aliphatic carbocycles. The number of halogens is 2. The van der Waals surface area contributed by atoms with Crippen molar-refractivity contribution in [2.45, 2.75) is 26.4 Å². The van der Waals surface area contributed by atoms with Crippen LogP contribution in [0.4, 0.5) is 4.39 Å². The molecule has 2 aromatic rings. The van der Waals surface area contributed by atoms with Gasteiger partial charge in [0.1, 0.15) is 5.82 Å². The van der Waals surface area contributed by atoms with Gasteiger partial charge in [-0.2, -0.15) is 5.10 Å². The number of aryl methyl sites for hydroxylation is 1. The minimum absolute atomic E-state index is 0.316. The zero-order valence-electron chi connectivity index (χ0n) is 10.9. The molecule has 102 valence electrons. The molecule has 2 heterocycles. The molecule has 0 radical (unpaired) electrons. The maximum Gasteiger partial charge on any atom is 0.146 e. The number of hydrogen-bond acceptors (Lipinski definition) is 3. The third kappa shape index (κ3) is 2.84. The van der Waals surface area contributed by atoms with Gasteiger partial charge in [0.15, 0.2) is 0 Å². The Labute approximate surface area is 120 Å². The molecular formula is C13H16BrFN4. The number of nitrogens with one attached hydrogen (secondary N) is 1. The minimum Gasteiger partial charge on any atom is -0.304 e. The van der Waals surface area contributed by atoms with Crippen LogP contribution in [0.25, 0.3) is 0 Å². The van der Waals surface area contributed by atoms with Crippen molar-refractivity contribution < 1.29 is 4.39 Å². The van der Waals surface area contributed by atoms with E-state index in [1.165, 1.54) is 6.07 Å². The van der Waals surface area contributed by atoms with Gasteiger partial charge in [0.05, 0.1) is 28.1 Å². The summed E-state index contributed by atoms with van der Waals surface area (Å²) in [4.78, 5) is 4.17. The molecule has 2 rings (SSSR count). The predicted molar refractivity (Wildman–Crippen MR) is 75.3 cm³/mol. The van der Waals surface area contributed by atoms with Gasteiger partial charge in [-0.05, 0) is 41.5 Å². The summed E-state index contributed by atoms with van der Waals surface area (Å²) in [6, 6.07) is 2.70. The number of pyridine rings is 1. The standard InChI is InChI=1S/C13H16BrFN4/c1-3-16-12(11-10(15)6-5-7-17-11)13-9(14)8-18-19(13)4-2/h5-8,12,16H,3-4H2,1-2H3. The van der Waals surface area contributed by atoms with Crippen LogP contribution in [-0.4, -0.2) is 21.3 Å². The van der Waals surface area contributed by atoms with Crippen LogP contribution in [0.15, 0.2) is 29.0 Å². The van der Waals surface area contributed by atoms with Crippen LogP contribution in [0.5, 0.6) is 0 Å². The summed E-state index contributed by atoms with van der Waals surface area (Å²) in [5, 5.41) is 7.54. The van der Waals surface area contributed by atoms with Crippen molar-refractivity contribution >= 4 is 15.9 Å². The highest BCUT2D eigenvalue weighted by Crippen LogP contribution is 2.28. The molecule has 0 amide bonds. The van der Waals surface area contributed by atoms with Gasteiger partial charge in [-0.25, -0.2) is 4.39 Å². The van der Waals surface area contributed by atoms with Crippen LogP contribution in [0, 0.1) is 5.82 Å². The molecule has 1 atom stereocenters. The van der Waals surface area contributed by atoms with Gasteiger partial charge < -0.3 is 5.32 Å². The number of aromatic nitrogens is 3. The Balaban J connectivity index is 2.51. The number of rotatable bonds is 5. The summed E-state index contributed by atoms with van der Waals surface area (Å²) < 4.78 is 16.7. The number of hydrogen-bond donors (Lipinski definition) is 1. The molecule has 0 saturated heterocycles. The lowest BCUT2D eigenvalue weighted by Crippen LogP contribution is -2.27. The first-order valence-corrected chi connectivity index (χ1v) is 7.03. The molecule has 6 heteroatoms. The lowest BCUT2D eigenvalue weighted by Gasteiger charge is -2.19. The second-order valence-corrected chi connectivity index (χ2v) is 4.91. The van der Waals surface area contributed by atoms with E-state index >= 15 is 0 Å². The average Bonchev–Trinajstić information content (AvgIpc) is 2.78. The van der Waals surface area contributed by atoms with Gasteiger partial charge in [0.2, 0.25) is 0 Å². The van der Waals surface area contributed by atoms with Crippen molar-refractivity contribution in [3.8, 4) is 0 Å². The Hall–Kier alpha value is -1.27. The first-order valence-electron chi connectivity index (χ1n) is 6.24. The van der Waals surface area contributed by atoms with E-state index in [0.29, 0.717) is 12.2 Å². The molecular weight excluding hydrogens is 311 g/mol. The Bertz CT molecular complexity index is 555. The summed E-state index contributed by atoms with van der Waals surface area (Å²) >= 11 is 3.48. The first kappa shape index (κ1) is 14.1. The van der Waals surface area contributed by atoms with Gasteiger partial charge >= 0.3 is 0 Å². The van der Waals surface area contributed by atoms with E-state index in [1.54, 1.807) is 18.5 Å². The second kappa shape index (κ2) is 6.25. The molecule has 0 fully saturated rings. The topological polar surface area (TPSA) is 42.7 Å². The molecule has 0 bridgehead atoms. The molecule has 4 nitrogen and oxygen atoms in total. The summed E-state index contributed by atoms with van der Waals surface area (Å²) in [5.41, 5.74) is 1.28. The predicted octanol–water partition coefficient (Wildman–Crippen LogP) is 2.90. The van der Waals surface area contributed by atoms with E-state index in [2.05, 4.69) is 31.3 Å². The lowest BCUT2D eigenvalue weighted by atomic mass is 10.1. The molecule has 1 N–H and O–H groups in total. The van der Waals surface area contributed by atoms with E-state index in [1.807, 2.05) is 18.5 Å². The molecule has 2 aromatic heterocycles. The smallest absolute Gasteiger partial charge is 0.146 e. The molecule has 0 saturated carbocycles. The van der Waals surface area contributed by atoms with Gasteiger partial charge in [-0.1, -0.05) is 6.92 Å². The monoisotopic (exact) mass is 326 g/mol. The zero-order valence-corrected chi connectivity index (χ0v) is 12.5. The maximum atomic E-state index is 14.0. The van der Waals surface area contributed by atoms with E-state index in [-0.39, 0.29) is 11.9 Å². The number of nitrogens with zero attached hydrogens (tertiary/aromatic N) is 3. The third-order valence-corrected chi connectivity index (χ3v) is 3.49. The summed E-state index contributed by atoms with van der Waals surface area (Å²) in [6.45, 7) is 5.41. The Morgan fingerprint density at radius 2 is 2.26 bits per heavy atom.